The molecule has 2 N–H and O–H groups in total. The van der Waals surface area contributed by atoms with Crippen LogP contribution in [0.4, 0.5) is 5.82 Å². The molecule has 1 fully saturated rings. The third-order valence-electron chi connectivity index (χ3n) is 3.16. The highest BCUT2D eigenvalue weighted by molar-refractivity contribution is 7.89. The highest BCUT2D eigenvalue weighted by atomic mass is 32.2. The van der Waals surface area contributed by atoms with Gasteiger partial charge in [0.05, 0.1) is 0 Å². The number of aromatic nitrogens is 1. The molecule has 0 saturated carbocycles. The van der Waals surface area contributed by atoms with Crippen molar-refractivity contribution in [1.82, 2.24) is 19.7 Å². The molecule has 0 atom stereocenters. The molecule has 0 spiro atoms. The molecule has 0 radical (unpaired) electrons. The van der Waals surface area contributed by atoms with Crippen LogP contribution in [0.25, 0.3) is 0 Å². The van der Waals surface area contributed by atoms with Gasteiger partial charge in [0.2, 0.25) is 0 Å². The van der Waals surface area contributed by atoms with Gasteiger partial charge in [-0.2, -0.15) is 0 Å². The third-order valence-corrected chi connectivity index (χ3v) is 4.52. The fraction of sp³-hybridized carbons (Fsp3) is 0.583. The summed E-state index contributed by atoms with van der Waals surface area (Å²) in [6.07, 6.45) is 1.37. The van der Waals surface area contributed by atoms with Crippen molar-refractivity contribution in [2.75, 3.05) is 45.1 Å². The number of sulfonamides is 1. The topological polar surface area (TPSA) is 77.6 Å². The van der Waals surface area contributed by atoms with Crippen LogP contribution in [0.15, 0.2) is 23.2 Å². The standard InChI is InChI=1S/C12H21N5O2S/c1-3-13-12-5-4-11(10-14-12)20(18,19)15-17-8-6-16(2)7-9-17/h4-5,10,15H,3,6-9H2,1-2H3,(H,13,14). The SMILES string of the molecule is CCNc1ccc(S(=O)(=O)NN2CCN(C)CC2)cn1. The summed E-state index contributed by atoms with van der Waals surface area (Å²) in [4.78, 5) is 9.03. The number of hydrogen-bond acceptors (Lipinski definition) is 6. The van der Waals surface area contributed by atoms with Crippen LogP contribution < -0.4 is 10.1 Å². The molecular weight excluding hydrogens is 278 g/mol. The van der Waals surface area contributed by atoms with E-state index in [2.05, 4.69) is 20.0 Å². The number of likely N-dealkylation sites (N-methyl/N-ethyl adjacent to an activating group) is 1. The molecule has 0 aliphatic carbocycles. The van der Waals surface area contributed by atoms with Gasteiger partial charge < -0.3 is 10.2 Å². The molecule has 1 aliphatic rings. The summed E-state index contributed by atoms with van der Waals surface area (Å²) in [6.45, 7) is 5.76. The lowest BCUT2D eigenvalue weighted by Crippen LogP contribution is -2.52. The minimum Gasteiger partial charge on any atom is -0.370 e. The summed E-state index contributed by atoms with van der Waals surface area (Å²) in [7, 11) is -1.52. The Morgan fingerprint density at radius 1 is 1.25 bits per heavy atom. The molecule has 1 aromatic rings. The van der Waals surface area contributed by atoms with Crippen molar-refractivity contribution in [3.63, 3.8) is 0 Å². The van der Waals surface area contributed by atoms with E-state index in [0.29, 0.717) is 18.9 Å². The Bertz CT molecular complexity index is 523. The average Bonchev–Trinajstić information content (AvgIpc) is 2.42. The zero-order chi connectivity index (χ0) is 14.6. The molecule has 1 aliphatic heterocycles. The maximum absolute atomic E-state index is 12.2. The Morgan fingerprint density at radius 3 is 2.50 bits per heavy atom. The number of rotatable bonds is 5. The van der Waals surface area contributed by atoms with Crippen LogP contribution in [0.2, 0.25) is 0 Å². The smallest absolute Gasteiger partial charge is 0.254 e. The molecule has 1 saturated heterocycles. The summed E-state index contributed by atoms with van der Waals surface area (Å²) in [5.41, 5.74) is 0. The van der Waals surface area contributed by atoms with Gasteiger partial charge in [-0.15, -0.1) is 4.83 Å². The van der Waals surface area contributed by atoms with Gasteiger partial charge in [-0.1, -0.05) is 0 Å². The van der Waals surface area contributed by atoms with Crippen molar-refractivity contribution in [2.24, 2.45) is 0 Å². The van der Waals surface area contributed by atoms with Crippen molar-refractivity contribution in [3.8, 4) is 0 Å². The third kappa shape index (κ3) is 3.89. The van der Waals surface area contributed by atoms with Crippen LogP contribution in [0.1, 0.15) is 6.92 Å². The fourth-order valence-electron chi connectivity index (χ4n) is 1.95. The van der Waals surface area contributed by atoms with Gasteiger partial charge in [0, 0.05) is 38.9 Å². The lowest BCUT2D eigenvalue weighted by atomic mass is 10.4. The molecule has 1 aromatic heterocycles. The summed E-state index contributed by atoms with van der Waals surface area (Å²) >= 11 is 0. The molecule has 112 valence electrons. The van der Waals surface area contributed by atoms with Crippen molar-refractivity contribution in [1.29, 1.82) is 0 Å². The number of pyridine rings is 1. The molecule has 0 bridgehead atoms. The number of nitrogens with zero attached hydrogens (tertiary/aromatic N) is 3. The van der Waals surface area contributed by atoms with E-state index in [4.69, 9.17) is 0 Å². The number of hydrogen-bond donors (Lipinski definition) is 2. The summed E-state index contributed by atoms with van der Waals surface area (Å²) in [5.74, 6) is 0.672. The minimum absolute atomic E-state index is 0.179. The summed E-state index contributed by atoms with van der Waals surface area (Å²) < 4.78 is 24.4. The predicted molar refractivity (Wildman–Crippen MR) is 77.8 cm³/mol. The Morgan fingerprint density at radius 2 is 1.95 bits per heavy atom. The maximum atomic E-state index is 12.2. The molecule has 2 heterocycles. The highest BCUT2D eigenvalue weighted by Crippen LogP contribution is 2.11. The Balaban J connectivity index is 2.02. The van der Waals surface area contributed by atoms with Gasteiger partial charge in [0.25, 0.3) is 10.0 Å². The molecule has 0 unspecified atom stereocenters. The molecule has 8 heteroatoms. The first kappa shape index (κ1) is 15.2. The number of anilines is 1. The molecule has 0 amide bonds. The predicted octanol–water partition coefficient (Wildman–Crippen LogP) is -0.0459. The molecule has 7 nitrogen and oxygen atoms in total. The van der Waals surface area contributed by atoms with E-state index in [-0.39, 0.29) is 4.90 Å². The second kappa shape index (κ2) is 6.49. The Hall–Kier alpha value is -1.22. The van der Waals surface area contributed by atoms with Gasteiger partial charge >= 0.3 is 0 Å². The van der Waals surface area contributed by atoms with E-state index in [1.165, 1.54) is 6.20 Å². The maximum Gasteiger partial charge on any atom is 0.254 e. The monoisotopic (exact) mass is 299 g/mol. The Labute approximate surface area is 120 Å². The zero-order valence-electron chi connectivity index (χ0n) is 11.8. The van der Waals surface area contributed by atoms with Crippen LogP contribution in [-0.4, -0.2) is 63.1 Å². The number of hydrazine groups is 1. The lowest BCUT2D eigenvalue weighted by Gasteiger charge is -2.32. The van der Waals surface area contributed by atoms with Gasteiger partial charge in [0.15, 0.2) is 0 Å². The Kier molecular flexibility index (Phi) is 4.92. The van der Waals surface area contributed by atoms with Crippen molar-refractivity contribution < 1.29 is 8.42 Å². The second-order valence-corrected chi connectivity index (χ2v) is 6.46. The average molecular weight is 299 g/mol. The first-order valence-electron chi connectivity index (χ1n) is 6.67. The van der Waals surface area contributed by atoms with Crippen LogP contribution in [0.5, 0.6) is 0 Å². The van der Waals surface area contributed by atoms with E-state index in [1.807, 2.05) is 14.0 Å². The van der Waals surface area contributed by atoms with E-state index in [9.17, 15) is 8.42 Å². The van der Waals surface area contributed by atoms with E-state index < -0.39 is 10.0 Å². The summed E-state index contributed by atoms with van der Waals surface area (Å²) in [5, 5.41) is 4.76. The highest BCUT2D eigenvalue weighted by Gasteiger charge is 2.21. The quantitative estimate of drug-likeness (QED) is 0.794. The minimum atomic E-state index is -3.54. The van der Waals surface area contributed by atoms with Crippen LogP contribution in [0.3, 0.4) is 0 Å². The number of piperazine rings is 1. The van der Waals surface area contributed by atoms with E-state index >= 15 is 0 Å². The lowest BCUT2D eigenvalue weighted by molar-refractivity contribution is 0.135. The van der Waals surface area contributed by atoms with Crippen molar-refractivity contribution >= 4 is 15.8 Å². The van der Waals surface area contributed by atoms with E-state index in [1.54, 1.807) is 17.1 Å². The van der Waals surface area contributed by atoms with Gasteiger partial charge in [-0.25, -0.2) is 18.4 Å². The number of nitrogens with one attached hydrogen (secondary N) is 2. The fourth-order valence-corrected chi connectivity index (χ4v) is 3.01. The van der Waals surface area contributed by atoms with Crippen molar-refractivity contribution in [3.05, 3.63) is 18.3 Å². The van der Waals surface area contributed by atoms with Gasteiger partial charge in [0.1, 0.15) is 10.7 Å². The molecule has 0 aromatic carbocycles. The molecular formula is C12H21N5O2S. The van der Waals surface area contributed by atoms with E-state index in [0.717, 1.165) is 19.6 Å². The van der Waals surface area contributed by atoms with Gasteiger partial charge in [-0.3, -0.25) is 0 Å². The van der Waals surface area contributed by atoms with Crippen LogP contribution in [-0.2, 0) is 10.0 Å². The largest absolute Gasteiger partial charge is 0.370 e. The first-order chi connectivity index (χ1) is 9.51. The van der Waals surface area contributed by atoms with Gasteiger partial charge in [-0.05, 0) is 26.1 Å². The first-order valence-corrected chi connectivity index (χ1v) is 8.15. The molecule has 2 rings (SSSR count). The van der Waals surface area contributed by atoms with Crippen LogP contribution >= 0.6 is 0 Å². The zero-order valence-corrected chi connectivity index (χ0v) is 12.7. The normalized spacial score (nSPS) is 18.1. The molecule has 20 heavy (non-hydrogen) atoms. The van der Waals surface area contributed by atoms with Crippen LogP contribution in [0, 0.1) is 0 Å². The second-order valence-electron chi connectivity index (χ2n) is 4.79. The summed E-state index contributed by atoms with van der Waals surface area (Å²) in [6, 6.07) is 3.23. The van der Waals surface area contributed by atoms with Crippen molar-refractivity contribution in [2.45, 2.75) is 11.8 Å².